The number of benzene rings is 3. The van der Waals surface area contributed by atoms with Crippen LogP contribution in [0, 0.1) is 11.6 Å². The Kier molecular flexibility index (Phi) is 7.91. The predicted octanol–water partition coefficient (Wildman–Crippen LogP) is 3.99. The van der Waals surface area contributed by atoms with E-state index in [1.165, 1.54) is 13.2 Å². The molecule has 0 heterocycles. The van der Waals surface area contributed by atoms with E-state index in [0.29, 0.717) is 17.9 Å². The fourth-order valence-electron chi connectivity index (χ4n) is 3.11. The fraction of sp³-hybridized carbons (Fsp3) is 0.200. The molecule has 1 N–H and O–H groups in total. The van der Waals surface area contributed by atoms with E-state index in [2.05, 4.69) is 5.32 Å². The van der Waals surface area contributed by atoms with Crippen molar-refractivity contribution in [2.45, 2.75) is 25.5 Å². The molecule has 3 rings (SSSR count). The van der Waals surface area contributed by atoms with E-state index in [1.54, 1.807) is 24.3 Å². The van der Waals surface area contributed by atoms with Gasteiger partial charge in [-0.1, -0.05) is 48.5 Å². The standard InChI is InChI=1S/C25H23F2NO4/c1-31-25(30)23(28-24(29)15-19-9-12-21(26)22(27)13-19)14-17-7-10-20(11-8-17)32-16-18-5-3-2-4-6-18/h2-13,23H,14-16H2,1H3,(H,28,29)/t23-/m0/s1. The van der Waals surface area contributed by atoms with Crippen LogP contribution in [0.15, 0.2) is 72.8 Å². The Bertz CT molecular complexity index is 1060. The number of rotatable bonds is 9. The third-order valence-corrected chi connectivity index (χ3v) is 4.78. The minimum absolute atomic E-state index is 0.197. The average molecular weight is 439 g/mol. The van der Waals surface area contributed by atoms with Gasteiger partial charge in [0.25, 0.3) is 0 Å². The van der Waals surface area contributed by atoms with E-state index in [0.717, 1.165) is 23.3 Å². The zero-order valence-corrected chi connectivity index (χ0v) is 17.5. The first-order valence-corrected chi connectivity index (χ1v) is 10.0. The molecule has 0 fully saturated rings. The highest BCUT2D eigenvalue weighted by Crippen LogP contribution is 2.16. The lowest BCUT2D eigenvalue weighted by Crippen LogP contribution is -2.43. The summed E-state index contributed by atoms with van der Waals surface area (Å²) in [4.78, 5) is 24.5. The van der Waals surface area contributed by atoms with Crippen LogP contribution in [-0.2, 0) is 33.8 Å². The number of amides is 1. The summed E-state index contributed by atoms with van der Waals surface area (Å²) in [6.45, 7) is 0.436. The zero-order chi connectivity index (χ0) is 22.9. The molecule has 0 aliphatic heterocycles. The first-order valence-electron chi connectivity index (χ1n) is 10.0. The Morgan fingerprint density at radius 1 is 0.875 bits per heavy atom. The monoisotopic (exact) mass is 439 g/mol. The van der Waals surface area contributed by atoms with Gasteiger partial charge in [-0.25, -0.2) is 13.6 Å². The van der Waals surface area contributed by atoms with Crippen LogP contribution in [0.25, 0.3) is 0 Å². The summed E-state index contributed by atoms with van der Waals surface area (Å²) in [5.74, 6) is -2.45. The van der Waals surface area contributed by atoms with Crippen molar-refractivity contribution in [1.29, 1.82) is 0 Å². The van der Waals surface area contributed by atoms with Gasteiger partial charge in [-0.3, -0.25) is 4.79 Å². The molecule has 0 bridgehead atoms. The summed E-state index contributed by atoms with van der Waals surface area (Å²) in [6.07, 6.45) is 0.00607. The van der Waals surface area contributed by atoms with Crippen molar-refractivity contribution in [3.05, 3.63) is 101 Å². The molecule has 0 unspecified atom stereocenters. The molecular weight excluding hydrogens is 416 g/mol. The second-order valence-corrected chi connectivity index (χ2v) is 7.19. The van der Waals surface area contributed by atoms with Gasteiger partial charge in [-0.2, -0.15) is 0 Å². The van der Waals surface area contributed by atoms with Crippen molar-refractivity contribution in [2.24, 2.45) is 0 Å². The summed E-state index contributed by atoms with van der Waals surface area (Å²) >= 11 is 0. The Morgan fingerprint density at radius 2 is 1.56 bits per heavy atom. The molecule has 0 saturated carbocycles. The molecule has 1 amide bonds. The minimum Gasteiger partial charge on any atom is -0.489 e. The third kappa shape index (κ3) is 6.63. The maximum absolute atomic E-state index is 13.4. The van der Waals surface area contributed by atoms with Gasteiger partial charge in [0.05, 0.1) is 13.5 Å². The number of methoxy groups -OCH3 is 1. The van der Waals surface area contributed by atoms with Crippen LogP contribution >= 0.6 is 0 Å². The van der Waals surface area contributed by atoms with Crippen molar-refractivity contribution < 1.29 is 27.8 Å². The van der Waals surface area contributed by atoms with Crippen LogP contribution in [0.3, 0.4) is 0 Å². The highest BCUT2D eigenvalue weighted by Gasteiger charge is 2.22. The van der Waals surface area contributed by atoms with Gasteiger partial charge in [-0.05, 0) is 41.0 Å². The summed E-state index contributed by atoms with van der Waals surface area (Å²) in [5, 5.41) is 2.60. The lowest BCUT2D eigenvalue weighted by Gasteiger charge is -2.17. The minimum atomic E-state index is -1.03. The largest absolute Gasteiger partial charge is 0.489 e. The Morgan fingerprint density at radius 3 is 2.22 bits per heavy atom. The molecule has 3 aromatic rings. The fourth-order valence-corrected chi connectivity index (χ4v) is 3.11. The predicted molar refractivity (Wildman–Crippen MR) is 115 cm³/mol. The van der Waals surface area contributed by atoms with Crippen LogP contribution in [-0.4, -0.2) is 25.0 Å². The van der Waals surface area contributed by atoms with Crippen LogP contribution in [0.5, 0.6) is 5.75 Å². The van der Waals surface area contributed by atoms with E-state index < -0.39 is 29.6 Å². The van der Waals surface area contributed by atoms with Crippen molar-refractivity contribution in [3.8, 4) is 5.75 Å². The quantitative estimate of drug-likeness (QED) is 0.512. The number of carbonyl (C=O) groups is 2. The normalized spacial score (nSPS) is 11.5. The Hall–Kier alpha value is -3.74. The molecule has 0 saturated heterocycles. The first-order chi connectivity index (χ1) is 15.4. The smallest absolute Gasteiger partial charge is 0.328 e. The number of nitrogens with one attached hydrogen (secondary N) is 1. The Labute approximate surface area is 185 Å². The maximum Gasteiger partial charge on any atom is 0.328 e. The van der Waals surface area contributed by atoms with Crippen molar-refractivity contribution >= 4 is 11.9 Å². The number of esters is 1. The average Bonchev–Trinajstić information content (AvgIpc) is 2.80. The first kappa shape index (κ1) is 22.9. The van der Waals surface area contributed by atoms with Gasteiger partial charge in [-0.15, -0.1) is 0 Å². The molecular formula is C25H23F2NO4. The van der Waals surface area contributed by atoms with Gasteiger partial charge in [0, 0.05) is 6.42 Å². The molecule has 7 heteroatoms. The number of carbonyl (C=O) groups excluding carboxylic acids is 2. The van der Waals surface area contributed by atoms with Gasteiger partial charge in [0.2, 0.25) is 5.91 Å². The number of hydrogen-bond acceptors (Lipinski definition) is 4. The summed E-state index contributed by atoms with van der Waals surface area (Å²) in [5.41, 5.74) is 2.14. The lowest BCUT2D eigenvalue weighted by atomic mass is 10.0. The van der Waals surface area contributed by atoms with Crippen LogP contribution in [0.4, 0.5) is 8.78 Å². The van der Waals surface area contributed by atoms with Crippen LogP contribution < -0.4 is 10.1 Å². The molecule has 0 aromatic heterocycles. The molecule has 5 nitrogen and oxygen atoms in total. The van der Waals surface area contributed by atoms with Crippen molar-refractivity contribution in [1.82, 2.24) is 5.32 Å². The molecule has 0 radical (unpaired) electrons. The number of ether oxygens (including phenoxy) is 2. The van der Waals surface area contributed by atoms with E-state index in [4.69, 9.17) is 9.47 Å². The SMILES string of the molecule is COC(=O)[C@H](Cc1ccc(OCc2ccccc2)cc1)NC(=O)Cc1ccc(F)c(F)c1. The van der Waals surface area contributed by atoms with Crippen LogP contribution in [0.1, 0.15) is 16.7 Å². The number of hydrogen-bond donors (Lipinski definition) is 1. The summed E-state index contributed by atoms with van der Waals surface area (Å²) < 4.78 is 37.0. The molecule has 3 aromatic carbocycles. The molecule has 0 aliphatic carbocycles. The van der Waals surface area contributed by atoms with E-state index in [9.17, 15) is 18.4 Å². The zero-order valence-electron chi connectivity index (χ0n) is 17.5. The molecule has 166 valence electrons. The highest BCUT2D eigenvalue weighted by atomic mass is 19.2. The van der Waals surface area contributed by atoms with E-state index in [-0.39, 0.29) is 12.8 Å². The van der Waals surface area contributed by atoms with Gasteiger partial charge in [0.15, 0.2) is 11.6 Å². The van der Waals surface area contributed by atoms with Gasteiger partial charge >= 0.3 is 5.97 Å². The van der Waals surface area contributed by atoms with Crippen molar-refractivity contribution in [2.75, 3.05) is 7.11 Å². The van der Waals surface area contributed by atoms with Gasteiger partial charge in [0.1, 0.15) is 18.4 Å². The Balaban J connectivity index is 1.59. The molecule has 0 spiro atoms. The second kappa shape index (κ2) is 11.0. The van der Waals surface area contributed by atoms with Gasteiger partial charge < -0.3 is 14.8 Å². The van der Waals surface area contributed by atoms with E-state index >= 15 is 0 Å². The highest BCUT2D eigenvalue weighted by molar-refractivity contribution is 5.85. The summed E-state index contributed by atoms with van der Waals surface area (Å²) in [7, 11) is 1.23. The van der Waals surface area contributed by atoms with E-state index in [1.807, 2.05) is 30.3 Å². The molecule has 1 atom stereocenters. The van der Waals surface area contributed by atoms with Crippen molar-refractivity contribution in [3.63, 3.8) is 0 Å². The lowest BCUT2D eigenvalue weighted by molar-refractivity contribution is -0.145. The third-order valence-electron chi connectivity index (χ3n) is 4.78. The topological polar surface area (TPSA) is 64.6 Å². The maximum atomic E-state index is 13.4. The number of halogens is 2. The molecule has 0 aliphatic rings. The second-order valence-electron chi connectivity index (χ2n) is 7.19. The molecule has 32 heavy (non-hydrogen) atoms. The van der Waals surface area contributed by atoms with Crippen LogP contribution in [0.2, 0.25) is 0 Å². The summed E-state index contributed by atoms with van der Waals surface area (Å²) in [6, 6.07) is 19.2.